The van der Waals surface area contributed by atoms with E-state index in [0.717, 1.165) is 4.90 Å². The van der Waals surface area contributed by atoms with E-state index >= 15 is 0 Å². The lowest BCUT2D eigenvalue weighted by Crippen LogP contribution is -2.38. The number of aliphatic carboxylic acids is 1. The molecule has 1 heterocycles. The maximum Gasteiger partial charge on any atom is 0.322 e. The van der Waals surface area contributed by atoms with E-state index < -0.39 is 18.4 Å². The SMILES string of the molecule is O=C(O)CNC(=O)CNC(=O)CCCCCN1C(=O)C=CC1=O. The zero-order valence-electron chi connectivity index (χ0n) is 12.5. The smallest absolute Gasteiger partial charge is 0.322 e. The number of amides is 4. The van der Waals surface area contributed by atoms with E-state index in [1.807, 2.05) is 0 Å². The number of rotatable bonds is 10. The van der Waals surface area contributed by atoms with Crippen molar-refractivity contribution < 1.29 is 29.1 Å². The van der Waals surface area contributed by atoms with E-state index in [4.69, 9.17) is 5.11 Å². The second kappa shape index (κ2) is 9.34. The molecule has 0 spiro atoms. The first kappa shape index (κ1) is 18.3. The first-order valence-corrected chi connectivity index (χ1v) is 7.19. The standard InChI is InChI=1S/C14H19N3O6/c18-10(15-8-11(19)16-9-14(22)23)4-2-1-3-7-17-12(20)5-6-13(17)21/h5-6H,1-4,7-9H2,(H,15,18)(H,16,19)(H,22,23). The predicted octanol–water partition coefficient (Wildman–Crippen LogP) is -1.21. The molecule has 0 aliphatic carbocycles. The van der Waals surface area contributed by atoms with Crippen molar-refractivity contribution in [1.82, 2.24) is 15.5 Å². The van der Waals surface area contributed by atoms with Crippen molar-refractivity contribution >= 4 is 29.6 Å². The van der Waals surface area contributed by atoms with Gasteiger partial charge >= 0.3 is 5.97 Å². The van der Waals surface area contributed by atoms with Gasteiger partial charge in [0.05, 0.1) is 6.54 Å². The van der Waals surface area contributed by atoms with Gasteiger partial charge in [-0.2, -0.15) is 0 Å². The van der Waals surface area contributed by atoms with Crippen LogP contribution in [0.25, 0.3) is 0 Å². The Labute approximate surface area is 132 Å². The number of imide groups is 1. The highest BCUT2D eigenvalue weighted by atomic mass is 16.4. The third-order valence-electron chi connectivity index (χ3n) is 3.07. The molecule has 0 saturated carbocycles. The van der Waals surface area contributed by atoms with Crippen molar-refractivity contribution in [3.63, 3.8) is 0 Å². The number of carboxylic acids is 1. The van der Waals surface area contributed by atoms with Gasteiger partial charge in [0.25, 0.3) is 11.8 Å². The molecule has 0 radical (unpaired) electrons. The Hall–Kier alpha value is -2.71. The van der Waals surface area contributed by atoms with E-state index in [2.05, 4.69) is 10.6 Å². The molecule has 0 saturated heterocycles. The maximum atomic E-state index is 11.5. The molecule has 0 bridgehead atoms. The largest absolute Gasteiger partial charge is 0.480 e. The lowest BCUT2D eigenvalue weighted by molar-refractivity contribution is -0.138. The fraction of sp³-hybridized carbons (Fsp3) is 0.500. The number of carbonyl (C=O) groups excluding carboxylic acids is 4. The van der Waals surface area contributed by atoms with E-state index in [-0.39, 0.29) is 30.7 Å². The fourth-order valence-corrected chi connectivity index (χ4v) is 1.89. The summed E-state index contributed by atoms with van der Waals surface area (Å²) in [6.07, 6.45) is 4.50. The van der Waals surface area contributed by atoms with Crippen LogP contribution in [0, 0.1) is 0 Å². The lowest BCUT2D eigenvalue weighted by atomic mass is 10.2. The van der Waals surface area contributed by atoms with Crippen LogP contribution >= 0.6 is 0 Å². The van der Waals surface area contributed by atoms with Gasteiger partial charge in [0.15, 0.2) is 0 Å². The number of hydrogen-bond acceptors (Lipinski definition) is 5. The second-order valence-corrected chi connectivity index (χ2v) is 4.92. The number of nitrogens with one attached hydrogen (secondary N) is 2. The molecule has 0 aromatic carbocycles. The van der Waals surface area contributed by atoms with Crippen molar-refractivity contribution in [2.45, 2.75) is 25.7 Å². The lowest BCUT2D eigenvalue weighted by Gasteiger charge is -2.13. The zero-order valence-corrected chi connectivity index (χ0v) is 12.5. The molecule has 0 unspecified atom stereocenters. The molecule has 0 aromatic rings. The molecule has 23 heavy (non-hydrogen) atoms. The van der Waals surface area contributed by atoms with Gasteiger partial charge in [-0.25, -0.2) is 0 Å². The van der Waals surface area contributed by atoms with E-state index in [1.54, 1.807) is 0 Å². The Bertz CT molecular complexity index is 511. The van der Waals surface area contributed by atoms with Crippen LogP contribution in [0.1, 0.15) is 25.7 Å². The molecule has 0 fully saturated rings. The summed E-state index contributed by atoms with van der Waals surface area (Å²) in [6.45, 7) is -0.435. The van der Waals surface area contributed by atoms with Crippen LogP contribution in [-0.2, 0) is 24.0 Å². The van der Waals surface area contributed by atoms with Crippen LogP contribution in [0.2, 0.25) is 0 Å². The average molecular weight is 325 g/mol. The molecule has 1 rings (SSSR count). The predicted molar refractivity (Wildman–Crippen MR) is 78.0 cm³/mol. The number of hydrogen-bond donors (Lipinski definition) is 3. The van der Waals surface area contributed by atoms with E-state index in [0.29, 0.717) is 25.8 Å². The van der Waals surface area contributed by atoms with Gasteiger partial charge in [-0.15, -0.1) is 0 Å². The van der Waals surface area contributed by atoms with E-state index in [9.17, 15) is 24.0 Å². The molecule has 4 amide bonds. The highest BCUT2D eigenvalue weighted by molar-refractivity contribution is 6.12. The second-order valence-electron chi connectivity index (χ2n) is 4.92. The van der Waals surface area contributed by atoms with Crippen LogP contribution in [0.3, 0.4) is 0 Å². The average Bonchev–Trinajstić information content (AvgIpc) is 2.82. The summed E-state index contributed by atoms with van der Waals surface area (Å²) in [4.78, 5) is 56.6. The van der Waals surface area contributed by atoms with Gasteiger partial charge in [-0.3, -0.25) is 28.9 Å². The zero-order chi connectivity index (χ0) is 17.2. The van der Waals surface area contributed by atoms with Crippen molar-refractivity contribution in [2.24, 2.45) is 0 Å². The Morgan fingerprint density at radius 3 is 2.13 bits per heavy atom. The monoisotopic (exact) mass is 325 g/mol. The summed E-state index contributed by atoms with van der Waals surface area (Å²) in [6, 6.07) is 0. The van der Waals surface area contributed by atoms with Crippen LogP contribution < -0.4 is 10.6 Å². The minimum absolute atomic E-state index is 0.215. The molecule has 9 heteroatoms. The minimum atomic E-state index is -1.16. The number of carbonyl (C=O) groups is 5. The quantitative estimate of drug-likeness (QED) is 0.341. The normalized spacial score (nSPS) is 13.3. The molecular formula is C14H19N3O6. The summed E-state index contributed by atoms with van der Waals surface area (Å²) in [7, 11) is 0. The molecule has 1 aliphatic heterocycles. The first-order valence-electron chi connectivity index (χ1n) is 7.19. The van der Waals surface area contributed by atoms with Crippen LogP contribution in [-0.4, -0.2) is 59.2 Å². The minimum Gasteiger partial charge on any atom is -0.480 e. The van der Waals surface area contributed by atoms with Gasteiger partial charge in [0.2, 0.25) is 11.8 Å². The summed E-state index contributed by atoms with van der Waals surface area (Å²) in [5.74, 6) is -2.68. The molecule has 0 atom stereocenters. The summed E-state index contributed by atoms with van der Waals surface area (Å²) in [5.41, 5.74) is 0. The van der Waals surface area contributed by atoms with Crippen molar-refractivity contribution in [1.29, 1.82) is 0 Å². The van der Waals surface area contributed by atoms with Crippen molar-refractivity contribution in [3.8, 4) is 0 Å². The van der Waals surface area contributed by atoms with E-state index in [1.165, 1.54) is 12.2 Å². The van der Waals surface area contributed by atoms with Gasteiger partial charge in [-0.1, -0.05) is 6.42 Å². The number of unbranched alkanes of at least 4 members (excludes halogenated alkanes) is 2. The van der Waals surface area contributed by atoms with Gasteiger partial charge in [0.1, 0.15) is 6.54 Å². The summed E-state index contributed by atoms with van der Waals surface area (Å²) < 4.78 is 0. The van der Waals surface area contributed by atoms with Gasteiger partial charge < -0.3 is 15.7 Å². The van der Waals surface area contributed by atoms with Crippen LogP contribution in [0.15, 0.2) is 12.2 Å². The first-order chi connectivity index (χ1) is 10.9. The Balaban J connectivity index is 2.04. The highest BCUT2D eigenvalue weighted by Crippen LogP contribution is 2.07. The number of carboxylic acid groups (broad SMARTS) is 1. The Morgan fingerprint density at radius 2 is 1.52 bits per heavy atom. The summed E-state index contributed by atoms with van der Waals surface area (Å²) >= 11 is 0. The van der Waals surface area contributed by atoms with Crippen LogP contribution in [0.5, 0.6) is 0 Å². The topological polar surface area (TPSA) is 133 Å². The maximum absolute atomic E-state index is 11.5. The fourth-order valence-electron chi connectivity index (χ4n) is 1.89. The van der Waals surface area contributed by atoms with Gasteiger partial charge in [0, 0.05) is 25.1 Å². The van der Waals surface area contributed by atoms with Crippen LogP contribution in [0.4, 0.5) is 0 Å². The highest BCUT2D eigenvalue weighted by Gasteiger charge is 2.22. The Morgan fingerprint density at radius 1 is 0.913 bits per heavy atom. The molecule has 0 aromatic heterocycles. The van der Waals surface area contributed by atoms with Crippen molar-refractivity contribution in [2.75, 3.05) is 19.6 Å². The molecule has 1 aliphatic rings. The molecular weight excluding hydrogens is 306 g/mol. The molecule has 3 N–H and O–H groups in total. The third-order valence-corrected chi connectivity index (χ3v) is 3.07. The number of nitrogens with zero attached hydrogens (tertiary/aromatic N) is 1. The van der Waals surface area contributed by atoms with Crippen molar-refractivity contribution in [3.05, 3.63) is 12.2 Å². The molecule has 9 nitrogen and oxygen atoms in total. The molecule has 126 valence electrons. The Kier molecular flexibility index (Phi) is 7.44. The van der Waals surface area contributed by atoms with Gasteiger partial charge in [-0.05, 0) is 12.8 Å². The summed E-state index contributed by atoms with van der Waals surface area (Å²) in [5, 5.41) is 12.9. The third kappa shape index (κ3) is 7.21.